The molecular weight excluding hydrogens is 359 g/mol. The lowest BCUT2D eigenvalue weighted by Crippen LogP contribution is -2.01. The van der Waals surface area contributed by atoms with Crippen LogP contribution < -0.4 is 4.74 Å². The van der Waals surface area contributed by atoms with Crippen LogP contribution in [0.1, 0.15) is 29.0 Å². The van der Waals surface area contributed by atoms with Crippen LogP contribution in [-0.4, -0.2) is 6.61 Å². The van der Waals surface area contributed by atoms with Gasteiger partial charge in [-0.3, -0.25) is 0 Å². The molecule has 0 aromatic heterocycles. The minimum Gasteiger partial charge on any atom is -0.494 e. The Hall–Kier alpha value is -0.700. The summed E-state index contributed by atoms with van der Waals surface area (Å²) in [6, 6.07) is 11.7. The summed E-state index contributed by atoms with van der Waals surface area (Å²) in [6.07, 6.45) is 0. The summed E-state index contributed by atoms with van der Waals surface area (Å²) in [5, 5.41) is 0.391. The first kappa shape index (κ1) is 15.7. The summed E-state index contributed by atoms with van der Waals surface area (Å²) in [6.45, 7) is 4.62. The second kappa shape index (κ2) is 6.84. The van der Waals surface area contributed by atoms with Crippen molar-refractivity contribution >= 4 is 39.1 Å². The Labute approximate surface area is 138 Å². The van der Waals surface area contributed by atoms with E-state index < -0.39 is 0 Å². The summed E-state index contributed by atoms with van der Waals surface area (Å²) < 4.78 is 6.57. The van der Waals surface area contributed by atoms with Gasteiger partial charge in [-0.2, -0.15) is 0 Å². The zero-order valence-corrected chi connectivity index (χ0v) is 14.4. The number of halogens is 3. The maximum Gasteiger partial charge on any atom is 0.124 e. The zero-order valence-electron chi connectivity index (χ0n) is 11.3. The third-order valence-corrected chi connectivity index (χ3v) is 4.37. The third-order valence-electron chi connectivity index (χ3n) is 2.97. The van der Waals surface area contributed by atoms with Gasteiger partial charge in [0, 0.05) is 15.1 Å². The minimum atomic E-state index is -0.289. The Bertz CT molecular complexity index is 613. The molecule has 0 aliphatic carbocycles. The Morgan fingerprint density at radius 2 is 1.90 bits per heavy atom. The molecule has 20 heavy (non-hydrogen) atoms. The van der Waals surface area contributed by atoms with Gasteiger partial charge in [-0.25, -0.2) is 0 Å². The van der Waals surface area contributed by atoms with Crippen molar-refractivity contribution in [3.8, 4) is 5.75 Å². The smallest absolute Gasteiger partial charge is 0.124 e. The standard InChI is InChI=1S/C16H15BrCl2O/c1-3-20-15-7-4-10(2)8-13(15)16(19)12-6-5-11(18)9-14(12)17/h4-9,16H,3H2,1-2H3. The average Bonchev–Trinajstić information content (AvgIpc) is 2.40. The van der Waals surface area contributed by atoms with Crippen LogP contribution in [-0.2, 0) is 0 Å². The topological polar surface area (TPSA) is 9.23 Å². The predicted molar refractivity (Wildman–Crippen MR) is 89.2 cm³/mol. The van der Waals surface area contributed by atoms with Gasteiger partial charge in [-0.05, 0) is 37.6 Å². The maximum atomic E-state index is 6.65. The van der Waals surface area contributed by atoms with E-state index in [1.807, 2.05) is 44.2 Å². The highest BCUT2D eigenvalue weighted by Crippen LogP contribution is 2.39. The molecule has 0 saturated heterocycles. The van der Waals surface area contributed by atoms with Gasteiger partial charge in [0.1, 0.15) is 5.75 Å². The second-order valence-corrected chi connectivity index (χ2v) is 6.23. The molecule has 2 rings (SSSR count). The molecular formula is C16H15BrCl2O. The zero-order chi connectivity index (χ0) is 14.7. The van der Waals surface area contributed by atoms with Gasteiger partial charge < -0.3 is 4.74 Å². The fourth-order valence-electron chi connectivity index (χ4n) is 2.03. The van der Waals surface area contributed by atoms with Crippen LogP contribution in [0.25, 0.3) is 0 Å². The van der Waals surface area contributed by atoms with E-state index >= 15 is 0 Å². The van der Waals surface area contributed by atoms with E-state index in [0.29, 0.717) is 11.6 Å². The molecule has 0 saturated carbocycles. The molecule has 106 valence electrons. The summed E-state index contributed by atoms with van der Waals surface area (Å²) in [5.41, 5.74) is 3.10. The minimum absolute atomic E-state index is 0.289. The Morgan fingerprint density at radius 1 is 1.15 bits per heavy atom. The Kier molecular flexibility index (Phi) is 5.36. The molecule has 0 aliphatic rings. The SMILES string of the molecule is CCOc1ccc(C)cc1C(Cl)c1ccc(Cl)cc1Br. The van der Waals surface area contributed by atoms with E-state index in [4.69, 9.17) is 27.9 Å². The largest absolute Gasteiger partial charge is 0.494 e. The molecule has 1 atom stereocenters. The van der Waals surface area contributed by atoms with E-state index in [2.05, 4.69) is 22.0 Å². The maximum absolute atomic E-state index is 6.65. The van der Waals surface area contributed by atoms with Crippen LogP contribution in [0.15, 0.2) is 40.9 Å². The molecule has 2 aromatic rings. The molecule has 0 spiro atoms. The van der Waals surface area contributed by atoms with E-state index in [9.17, 15) is 0 Å². The predicted octanol–water partition coefficient (Wildman–Crippen LogP) is 6.14. The second-order valence-electron chi connectivity index (χ2n) is 4.50. The van der Waals surface area contributed by atoms with E-state index in [1.165, 1.54) is 0 Å². The van der Waals surface area contributed by atoms with Crippen molar-refractivity contribution in [1.29, 1.82) is 0 Å². The number of alkyl halides is 1. The van der Waals surface area contributed by atoms with Crippen molar-refractivity contribution in [3.63, 3.8) is 0 Å². The highest BCUT2D eigenvalue weighted by atomic mass is 79.9. The lowest BCUT2D eigenvalue weighted by molar-refractivity contribution is 0.337. The normalized spacial score (nSPS) is 12.2. The first-order chi connectivity index (χ1) is 9.52. The van der Waals surface area contributed by atoms with Crippen molar-refractivity contribution in [2.45, 2.75) is 19.2 Å². The van der Waals surface area contributed by atoms with Crippen molar-refractivity contribution in [3.05, 3.63) is 62.6 Å². The van der Waals surface area contributed by atoms with E-state index in [-0.39, 0.29) is 5.38 Å². The van der Waals surface area contributed by atoms with Crippen LogP contribution in [0.5, 0.6) is 5.75 Å². The summed E-state index contributed by atoms with van der Waals surface area (Å²) >= 11 is 16.1. The molecule has 2 aromatic carbocycles. The van der Waals surface area contributed by atoms with Crippen molar-refractivity contribution in [2.24, 2.45) is 0 Å². The molecule has 0 bridgehead atoms. The van der Waals surface area contributed by atoms with Crippen LogP contribution in [0.4, 0.5) is 0 Å². The number of rotatable bonds is 4. The Morgan fingerprint density at radius 3 is 2.55 bits per heavy atom. The fourth-order valence-corrected chi connectivity index (χ4v) is 3.43. The number of aryl methyl sites for hydroxylation is 1. The van der Waals surface area contributed by atoms with Gasteiger partial charge in [-0.15, -0.1) is 11.6 Å². The quantitative estimate of drug-likeness (QED) is 0.585. The van der Waals surface area contributed by atoms with Gasteiger partial charge in [0.25, 0.3) is 0 Å². The Balaban J connectivity index is 2.46. The van der Waals surface area contributed by atoms with Crippen molar-refractivity contribution in [2.75, 3.05) is 6.61 Å². The lowest BCUT2D eigenvalue weighted by atomic mass is 10.0. The van der Waals surface area contributed by atoms with Crippen LogP contribution in [0, 0.1) is 6.92 Å². The molecule has 0 fully saturated rings. The third kappa shape index (κ3) is 3.49. The number of ether oxygens (including phenoxy) is 1. The van der Waals surface area contributed by atoms with Gasteiger partial charge >= 0.3 is 0 Å². The molecule has 0 aliphatic heterocycles. The highest BCUT2D eigenvalue weighted by molar-refractivity contribution is 9.10. The summed E-state index contributed by atoms with van der Waals surface area (Å²) in [5.74, 6) is 0.819. The van der Waals surface area contributed by atoms with E-state index in [1.54, 1.807) is 0 Å². The molecule has 1 nitrogen and oxygen atoms in total. The molecule has 0 amide bonds. The van der Waals surface area contributed by atoms with Crippen LogP contribution >= 0.6 is 39.1 Å². The molecule has 1 unspecified atom stereocenters. The summed E-state index contributed by atoms with van der Waals surface area (Å²) in [4.78, 5) is 0. The lowest BCUT2D eigenvalue weighted by Gasteiger charge is -2.17. The molecule has 0 radical (unpaired) electrons. The number of hydrogen-bond donors (Lipinski definition) is 0. The number of benzene rings is 2. The monoisotopic (exact) mass is 372 g/mol. The van der Waals surface area contributed by atoms with Gasteiger partial charge in [0.05, 0.1) is 12.0 Å². The first-order valence-electron chi connectivity index (χ1n) is 6.35. The highest BCUT2D eigenvalue weighted by Gasteiger charge is 2.18. The van der Waals surface area contributed by atoms with Gasteiger partial charge in [-0.1, -0.05) is 51.3 Å². The van der Waals surface area contributed by atoms with Crippen LogP contribution in [0.2, 0.25) is 5.02 Å². The van der Waals surface area contributed by atoms with Crippen LogP contribution in [0.3, 0.4) is 0 Å². The van der Waals surface area contributed by atoms with E-state index in [0.717, 1.165) is 26.9 Å². The molecule has 4 heteroatoms. The van der Waals surface area contributed by atoms with Crippen molar-refractivity contribution in [1.82, 2.24) is 0 Å². The fraction of sp³-hybridized carbons (Fsp3) is 0.250. The molecule has 0 heterocycles. The summed E-state index contributed by atoms with van der Waals surface area (Å²) in [7, 11) is 0. The number of hydrogen-bond acceptors (Lipinski definition) is 1. The molecule has 0 N–H and O–H groups in total. The average molecular weight is 374 g/mol. The van der Waals surface area contributed by atoms with Crippen molar-refractivity contribution < 1.29 is 4.74 Å². The first-order valence-corrected chi connectivity index (χ1v) is 7.96. The van der Waals surface area contributed by atoms with Gasteiger partial charge in [0.2, 0.25) is 0 Å². The van der Waals surface area contributed by atoms with Gasteiger partial charge in [0.15, 0.2) is 0 Å².